The van der Waals surface area contributed by atoms with Crippen molar-refractivity contribution in [3.05, 3.63) is 102 Å². The SMILES string of the molecule is CC1(C)C=c2cc([N+](=O)[O-])ccc2=c2ccc3c(c21)CCC(=O)C=3N1c2ccccc2CC1CO. The van der Waals surface area contributed by atoms with Gasteiger partial charge in [0.15, 0.2) is 5.78 Å². The molecule has 0 aromatic heterocycles. The lowest BCUT2D eigenvalue weighted by Crippen LogP contribution is -2.43. The quantitative estimate of drug-likeness (QED) is 0.474. The van der Waals surface area contributed by atoms with E-state index in [9.17, 15) is 20.0 Å². The highest BCUT2D eigenvalue weighted by atomic mass is 16.6. The van der Waals surface area contributed by atoms with E-state index in [0.29, 0.717) is 25.0 Å². The van der Waals surface area contributed by atoms with Crippen LogP contribution in [-0.2, 0) is 23.1 Å². The maximum Gasteiger partial charge on any atom is 0.270 e. The maximum absolute atomic E-state index is 13.4. The van der Waals surface area contributed by atoms with Gasteiger partial charge in [-0.15, -0.1) is 0 Å². The number of para-hydroxylation sites is 1. The molecule has 3 aliphatic rings. The topological polar surface area (TPSA) is 83.7 Å². The number of nitro groups is 1. The van der Waals surface area contributed by atoms with E-state index in [1.807, 2.05) is 30.3 Å². The summed E-state index contributed by atoms with van der Waals surface area (Å²) in [7, 11) is 0. The number of non-ortho nitro benzene ring substituents is 1. The number of nitrogens with zero attached hydrogens (tertiary/aromatic N) is 2. The number of hydrogen-bond acceptors (Lipinski definition) is 5. The monoisotopic (exact) mass is 466 g/mol. The van der Waals surface area contributed by atoms with Crippen molar-refractivity contribution in [1.29, 1.82) is 0 Å². The van der Waals surface area contributed by atoms with Gasteiger partial charge in [0.05, 0.1) is 23.3 Å². The second-order valence-corrected chi connectivity index (χ2v) is 10.2. The van der Waals surface area contributed by atoms with Crippen molar-refractivity contribution in [3.63, 3.8) is 0 Å². The number of anilines is 1. The van der Waals surface area contributed by atoms with E-state index in [1.165, 1.54) is 5.56 Å². The van der Waals surface area contributed by atoms with Gasteiger partial charge in [-0.3, -0.25) is 14.9 Å². The Morgan fingerprint density at radius 3 is 2.57 bits per heavy atom. The summed E-state index contributed by atoms with van der Waals surface area (Å²) in [6, 6.07) is 17.0. The molecule has 6 rings (SSSR count). The fraction of sp³-hybridized carbons (Fsp3) is 0.276. The summed E-state index contributed by atoms with van der Waals surface area (Å²) >= 11 is 0. The van der Waals surface area contributed by atoms with Crippen LogP contribution in [0.15, 0.2) is 54.6 Å². The number of fused-ring (bicyclic) bond motifs is 5. The first-order chi connectivity index (χ1) is 16.8. The zero-order chi connectivity index (χ0) is 24.5. The predicted octanol–water partition coefficient (Wildman–Crippen LogP) is 3.00. The lowest BCUT2D eigenvalue weighted by molar-refractivity contribution is -0.385. The minimum Gasteiger partial charge on any atom is -0.394 e. The van der Waals surface area contributed by atoms with Gasteiger partial charge >= 0.3 is 0 Å². The van der Waals surface area contributed by atoms with Crippen LogP contribution in [0.1, 0.15) is 37.0 Å². The molecule has 1 N–H and O–H groups in total. The van der Waals surface area contributed by atoms with Crippen LogP contribution in [0.3, 0.4) is 0 Å². The maximum atomic E-state index is 13.4. The molecule has 1 heterocycles. The Labute approximate surface area is 202 Å². The molecule has 1 unspecified atom stereocenters. The van der Waals surface area contributed by atoms with Crippen LogP contribution < -0.4 is 15.3 Å². The molecule has 0 saturated heterocycles. The van der Waals surface area contributed by atoms with Crippen LogP contribution in [0.4, 0.5) is 11.4 Å². The normalized spacial score (nSPS) is 19.4. The second kappa shape index (κ2) is 7.62. The third-order valence-corrected chi connectivity index (χ3v) is 7.65. The molecular formula is C29H26N2O4. The number of ketones is 1. The van der Waals surface area contributed by atoms with Crippen LogP contribution in [0.2, 0.25) is 0 Å². The third kappa shape index (κ3) is 3.17. The minimum absolute atomic E-state index is 0.0306. The van der Waals surface area contributed by atoms with E-state index in [0.717, 1.165) is 37.7 Å². The molecule has 1 atom stereocenters. The molecule has 35 heavy (non-hydrogen) atoms. The smallest absolute Gasteiger partial charge is 0.270 e. The van der Waals surface area contributed by atoms with E-state index >= 15 is 0 Å². The van der Waals surface area contributed by atoms with Gasteiger partial charge in [-0.1, -0.05) is 50.3 Å². The molecule has 0 spiro atoms. The summed E-state index contributed by atoms with van der Waals surface area (Å²) in [5, 5.41) is 25.4. The molecule has 3 aromatic rings. The van der Waals surface area contributed by atoms with Crippen molar-refractivity contribution < 1.29 is 14.8 Å². The van der Waals surface area contributed by atoms with Crippen LogP contribution in [0.25, 0.3) is 11.8 Å². The highest BCUT2D eigenvalue weighted by Crippen LogP contribution is 2.38. The third-order valence-electron chi connectivity index (χ3n) is 7.65. The zero-order valence-corrected chi connectivity index (χ0v) is 19.7. The highest BCUT2D eigenvalue weighted by Gasteiger charge is 2.37. The van der Waals surface area contributed by atoms with Crippen LogP contribution >= 0.6 is 0 Å². The van der Waals surface area contributed by atoms with E-state index in [2.05, 4.69) is 37.0 Å². The summed E-state index contributed by atoms with van der Waals surface area (Å²) in [5.74, 6) is 0.0984. The summed E-state index contributed by atoms with van der Waals surface area (Å²) in [5.41, 5.74) is 4.85. The molecule has 0 radical (unpaired) electrons. The Kier molecular flexibility index (Phi) is 4.73. The molecule has 6 nitrogen and oxygen atoms in total. The van der Waals surface area contributed by atoms with E-state index in [1.54, 1.807) is 12.1 Å². The first kappa shape index (κ1) is 21.7. The number of carbonyl (C=O) groups excluding carboxylic acids is 1. The first-order valence-corrected chi connectivity index (χ1v) is 12.0. The fourth-order valence-electron chi connectivity index (χ4n) is 6.26. The van der Waals surface area contributed by atoms with Crippen molar-refractivity contribution in [2.45, 2.75) is 44.6 Å². The highest BCUT2D eigenvalue weighted by molar-refractivity contribution is 6.20. The summed E-state index contributed by atoms with van der Waals surface area (Å²) in [6.07, 6.45) is 3.88. The Balaban J connectivity index is 1.70. The van der Waals surface area contributed by atoms with Crippen molar-refractivity contribution in [3.8, 4) is 0 Å². The number of Topliss-reactive ketones (excluding diaryl/α,β-unsaturated/α-hetero) is 1. The predicted molar refractivity (Wildman–Crippen MR) is 134 cm³/mol. The Bertz CT molecular complexity index is 1650. The van der Waals surface area contributed by atoms with E-state index in [4.69, 9.17) is 0 Å². The summed E-state index contributed by atoms with van der Waals surface area (Å²) in [4.78, 5) is 26.5. The number of rotatable bonds is 3. The van der Waals surface area contributed by atoms with Crippen LogP contribution in [0, 0.1) is 20.6 Å². The number of aliphatic hydroxyl groups is 1. The molecule has 2 aliphatic carbocycles. The van der Waals surface area contributed by atoms with Gasteiger partial charge in [0.2, 0.25) is 0 Å². The second-order valence-electron chi connectivity index (χ2n) is 10.2. The first-order valence-electron chi connectivity index (χ1n) is 12.0. The molecule has 0 amide bonds. The number of hydrogen-bond donors (Lipinski definition) is 1. The molecule has 3 aromatic carbocycles. The van der Waals surface area contributed by atoms with Gasteiger partial charge < -0.3 is 10.0 Å². The Morgan fingerprint density at radius 2 is 1.80 bits per heavy atom. The standard InChI is InChI=1S/C29H26N2O4/c1-29(2)15-18-14-19(31(34)35)7-8-21(18)22-9-10-24-23(27(22)29)11-12-26(33)28(24)30-20(16-32)13-17-5-3-4-6-25(17)30/h3-10,14-15,20,32H,11-13,16H2,1-2H3. The van der Waals surface area contributed by atoms with Gasteiger partial charge in [0.25, 0.3) is 5.69 Å². The average Bonchev–Trinajstić information content (AvgIpc) is 3.21. The van der Waals surface area contributed by atoms with Crippen molar-refractivity contribution in [2.75, 3.05) is 11.5 Å². The molecule has 0 bridgehead atoms. The largest absolute Gasteiger partial charge is 0.394 e. The number of nitro benzene ring substituents is 1. The lowest BCUT2D eigenvalue weighted by Gasteiger charge is -2.34. The van der Waals surface area contributed by atoms with Gasteiger partial charge in [-0.05, 0) is 57.3 Å². The number of aliphatic hydroxyl groups excluding tert-OH is 1. The van der Waals surface area contributed by atoms with E-state index < -0.39 is 0 Å². The summed E-state index contributed by atoms with van der Waals surface area (Å²) < 4.78 is 0. The minimum atomic E-state index is -0.367. The molecule has 0 saturated carbocycles. The van der Waals surface area contributed by atoms with Crippen LogP contribution in [-0.4, -0.2) is 28.5 Å². The van der Waals surface area contributed by atoms with Gasteiger partial charge in [-0.2, -0.15) is 0 Å². The molecular weight excluding hydrogens is 440 g/mol. The zero-order valence-electron chi connectivity index (χ0n) is 19.7. The van der Waals surface area contributed by atoms with E-state index in [-0.39, 0.29) is 34.5 Å². The molecule has 6 heteroatoms. The van der Waals surface area contributed by atoms with Crippen molar-refractivity contribution in [2.24, 2.45) is 0 Å². The van der Waals surface area contributed by atoms with Gasteiger partial charge in [-0.25, -0.2) is 0 Å². The van der Waals surface area contributed by atoms with Crippen LogP contribution in [0.5, 0.6) is 0 Å². The average molecular weight is 467 g/mol. The summed E-state index contributed by atoms with van der Waals surface area (Å²) in [6.45, 7) is 4.23. The molecule has 176 valence electrons. The molecule has 0 fully saturated rings. The number of benzene rings is 3. The van der Waals surface area contributed by atoms with Gasteiger partial charge in [0, 0.05) is 34.9 Å². The number of carbonyl (C=O) groups is 1. The Morgan fingerprint density at radius 1 is 1.06 bits per heavy atom. The Hall–Kier alpha value is -3.77. The van der Waals surface area contributed by atoms with Crippen molar-refractivity contribution >= 4 is 28.9 Å². The van der Waals surface area contributed by atoms with Gasteiger partial charge in [0.1, 0.15) is 0 Å². The van der Waals surface area contributed by atoms with Crippen molar-refractivity contribution in [1.82, 2.24) is 0 Å². The lowest BCUT2D eigenvalue weighted by atomic mass is 9.74. The fourth-order valence-corrected chi connectivity index (χ4v) is 6.26. The molecule has 1 aliphatic heterocycles.